The molecule has 4 N–H and O–H groups in total. The number of terminal acetylenes is 1. The largest absolute Gasteiger partial charge is 0.420 e. The second-order valence-electron chi connectivity index (χ2n) is 8.79. The van der Waals surface area contributed by atoms with Gasteiger partial charge in [0, 0.05) is 42.8 Å². The highest BCUT2D eigenvalue weighted by Crippen LogP contribution is 2.50. The van der Waals surface area contributed by atoms with Crippen molar-refractivity contribution in [1.82, 2.24) is 4.48 Å². The van der Waals surface area contributed by atoms with Crippen molar-refractivity contribution in [2.24, 2.45) is 11.5 Å². The van der Waals surface area contributed by atoms with E-state index in [-0.39, 0.29) is 49.9 Å². The van der Waals surface area contributed by atoms with Gasteiger partial charge < -0.3 is 25.8 Å². The van der Waals surface area contributed by atoms with Gasteiger partial charge in [-0.15, -0.1) is 6.42 Å². The highest BCUT2D eigenvalue weighted by molar-refractivity contribution is 6.00. The molecule has 3 atom stereocenters. The van der Waals surface area contributed by atoms with Gasteiger partial charge in [0.15, 0.2) is 0 Å². The van der Waals surface area contributed by atoms with E-state index >= 15 is 4.39 Å². The smallest absolute Gasteiger partial charge is 0.372 e. The van der Waals surface area contributed by atoms with E-state index in [1.54, 1.807) is 31.2 Å². The van der Waals surface area contributed by atoms with Crippen LogP contribution in [0.1, 0.15) is 24.5 Å². The van der Waals surface area contributed by atoms with Crippen molar-refractivity contribution in [1.29, 1.82) is 0 Å². The van der Waals surface area contributed by atoms with Crippen LogP contribution in [0.4, 0.5) is 20.6 Å². The van der Waals surface area contributed by atoms with Crippen molar-refractivity contribution >= 4 is 29.2 Å². The normalized spacial score (nSPS) is 26.0. The first-order valence-corrected chi connectivity index (χ1v) is 11.6. The molecule has 1 unspecified atom stereocenters. The number of hydrogen-bond acceptors (Lipinski definition) is 5. The maximum atomic E-state index is 15.5. The Kier molecular flexibility index (Phi) is 6.82. The van der Waals surface area contributed by atoms with Gasteiger partial charge in [-0.25, -0.2) is 9.18 Å². The number of quaternary nitrogens is 1. The van der Waals surface area contributed by atoms with E-state index in [1.807, 2.05) is 0 Å². The highest BCUT2D eigenvalue weighted by Gasteiger charge is 2.68. The molecule has 2 fully saturated rings. The van der Waals surface area contributed by atoms with Gasteiger partial charge in [-0.1, -0.05) is 5.92 Å². The number of nitrogens with zero attached hydrogens (tertiary/aromatic N) is 2. The molecule has 36 heavy (non-hydrogen) atoms. The van der Waals surface area contributed by atoms with Crippen molar-refractivity contribution in [2.75, 3.05) is 37.8 Å². The Bertz CT molecular complexity index is 1240. The van der Waals surface area contributed by atoms with Gasteiger partial charge in [0.1, 0.15) is 30.8 Å². The first-order valence-electron chi connectivity index (χ1n) is 11.6. The van der Waals surface area contributed by atoms with E-state index in [1.165, 1.54) is 17.0 Å². The molecule has 0 spiro atoms. The van der Waals surface area contributed by atoms with Crippen molar-refractivity contribution in [3.8, 4) is 12.3 Å². The van der Waals surface area contributed by atoms with Crippen molar-refractivity contribution in [2.45, 2.75) is 25.0 Å². The van der Waals surface area contributed by atoms with Gasteiger partial charge >= 0.3 is 6.03 Å². The highest BCUT2D eigenvalue weighted by atomic mass is 19.1. The molecular weight excluding hydrogens is 467 g/mol. The standard InChI is InChI=1S/C26H27FN4O5/c1-3-17-5-8-19(9-6-17)31(25(29)34)15-20(36-4-2)14-26(31,24(28)33)18-7-10-22(21(27)13-18)30-11-12-35-16-23(30)32/h1,5-10,13,20H,4,11-12,14-16H2,2H3,(H3-,28,29,33,34)/p+1/t20-,26+,31?/m1/s1. The molecule has 9 nitrogen and oxygen atoms in total. The minimum Gasteiger partial charge on any atom is -0.372 e. The molecule has 0 aliphatic carbocycles. The van der Waals surface area contributed by atoms with Crippen LogP contribution in [0.25, 0.3) is 0 Å². The average Bonchev–Trinajstić information content (AvgIpc) is 3.22. The van der Waals surface area contributed by atoms with Crippen LogP contribution in [0.5, 0.6) is 0 Å². The summed E-state index contributed by atoms with van der Waals surface area (Å²) in [7, 11) is 0. The molecule has 2 aliphatic heterocycles. The molecule has 2 aromatic carbocycles. The summed E-state index contributed by atoms with van der Waals surface area (Å²) in [6, 6.07) is 9.69. The van der Waals surface area contributed by atoms with Crippen LogP contribution >= 0.6 is 0 Å². The van der Waals surface area contributed by atoms with E-state index in [2.05, 4.69) is 5.92 Å². The van der Waals surface area contributed by atoms with Gasteiger partial charge in [0.05, 0.1) is 12.3 Å². The summed E-state index contributed by atoms with van der Waals surface area (Å²) < 4.78 is 25.8. The summed E-state index contributed by atoms with van der Waals surface area (Å²) in [4.78, 5) is 40.2. The molecule has 0 bridgehead atoms. The van der Waals surface area contributed by atoms with Gasteiger partial charge in [0.2, 0.25) is 5.54 Å². The summed E-state index contributed by atoms with van der Waals surface area (Å²) in [5, 5.41) is 0. The number of anilines is 1. The minimum atomic E-state index is -1.78. The number of morpholine rings is 1. The number of benzene rings is 2. The summed E-state index contributed by atoms with van der Waals surface area (Å²) in [5.41, 5.74) is 11.4. The lowest BCUT2D eigenvalue weighted by molar-refractivity contribution is -0.127. The third kappa shape index (κ3) is 3.82. The number of likely N-dealkylation sites (tertiary alicyclic amines) is 1. The molecule has 2 aromatic rings. The molecule has 2 heterocycles. The first kappa shape index (κ1) is 25.3. The average molecular weight is 496 g/mol. The van der Waals surface area contributed by atoms with Crippen LogP contribution in [-0.2, 0) is 24.6 Å². The predicted octanol–water partition coefficient (Wildman–Crippen LogP) is 1.75. The van der Waals surface area contributed by atoms with Crippen molar-refractivity contribution < 1.29 is 28.2 Å². The summed E-state index contributed by atoms with van der Waals surface area (Å²) in [6.45, 7) is 2.42. The van der Waals surface area contributed by atoms with Crippen LogP contribution in [0, 0.1) is 18.2 Å². The maximum absolute atomic E-state index is 15.5. The van der Waals surface area contributed by atoms with Crippen LogP contribution in [0.3, 0.4) is 0 Å². The number of amides is 4. The van der Waals surface area contributed by atoms with Gasteiger partial charge in [0.25, 0.3) is 11.8 Å². The lowest BCUT2D eigenvalue weighted by Crippen LogP contribution is -2.70. The zero-order chi connectivity index (χ0) is 26.1. The Morgan fingerprint density at radius 1 is 1.28 bits per heavy atom. The Morgan fingerprint density at radius 2 is 2.00 bits per heavy atom. The zero-order valence-electron chi connectivity index (χ0n) is 19.9. The second-order valence-corrected chi connectivity index (χ2v) is 8.79. The number of urea groups is 1. The van der Waals surface area contributed by atoms with E-state index in [4.69, 9.17) is 27.4 Å². The number of primary amides is 2. The Balaban J connectivity index is 1.93. The number of ether oxygens (including phenoxy) is 2. The summed E-state index contributed by atoms with van der Waals surface area (Å²) in [5.74, 6) is 0.521. The van der Waals surface area contributed by atoms with E-state index in [0.717, 1.165) is 6.07 Å². The fourth-order valence-electron chi connectivity index (χ4n) is 5.43. The topological polar surface area (TPSA) is 125 Å². The zero-order valence-corrected chi connectivity index (χ0v) is 19.9. The molecule has 4 amide bonds. The quantitative estimate of drug-likeness (QED) is 0.467. The number of carbonyl (C=O) groups is 3. The lowest BCUT2D eigenvalue weighted by atomic mass is 9.83. The Labute approximate surface area is 208 Å². The number of hydrogen-bond donors (Lipinski definition) is 2. The SMILES string of the molecule is C#Cc1ccc([N+]2(C(N)=O)C[C@H](OCC)C[C@@]2(C(N)=O)c2ccc(N3CCOCC3=O)c(F)c2)cc1. The molecule has 4 rings (SSSR count). The van der Waals surface area contributed by atoms with Crippen LogP contribution in [0.15, 0.2) is 42.5 Å². The predicted molar refractivity (Wildman–Crippen MR) is 131 cm³/mol. The molecule has 2 aliphatic rings. The van der Waals surface area contributed by atoms with E-state index < -0.39 is 33.9 Å². The number of carbonyl (C=O) groups excluding carboxylic acids is 3. The van der Waals surface area contributed by atoms with Gasteiger partial charge in [-0.05, 0) is 37.3 Å². The number of nitrogens with two attached hydrogens (primary N) is 2. The molecular formula is C26H28FN4O5+. The molecule has 0 radical (unpaired) electrons. The third-order valence-electron chi connectivity index (χ3n) is 7.02. The number of halogens is 1. The maximum Gasteiger partial charge on any atom is 0.420 e. The lowest BCUT2D eigenvalue weighted by Gasteiger charge is -2.43. The summed E-state index contributed by atoms with van der Waals surface area (Å²) >= 11 is 0. The van der Waals surface area contributed by atoms with E-state index in [0.29, 0.717) is 17.9 Å². The Hall–Kier alpha value is -3.78. The van der Waals surface area contributed by atoms with Crippen LogP contribution < -0.4 is 20.9 Å². The monoisotopic (exact) mass is 495 g/mol. The van der Waals surface area contributed by atoms with Gasteiger partial charge in [-0.3, -0.25) is 9.59 Å². The number of rotatable bonds is 6. The summed E-state index contributed by atoms with van der Waals surface area (Å²) in [6.07, 6.45) is 4.90. The fourth-order valence-corrected chi connectivity index (χ4v) is 5.43. The van der Waals surface area contributed by atoms with Crippen molar-refractivity contribution in [3.63, 3.8) is 0 Å². The van der Waals surface area contributed by atoms with Crippen LogP contribution in [-0.4, -0.2) is 56.9 Å². The van der Waals surface area contributed by atoms with Gasteiger partial charge in [-0.2, -0.15) is 4.48 Å². The minimum absolute atomic E-state index is 0.00678. The second kappa shape index (κ2) is 9.70. The molecule has 10 heteroatoms. The molecule has 188 valence electrons. The Morgan fingerprint density at radius 3 is 2.56 bits per heavy atom. The molecule has 0 aromatic heterocycles. The third-order valence-corrected chi connectivity index (χ3v) is 7.02. The molecule has 2 saturated heterocycles. The fraction of sp³-hybridized carbons (Fsp3) is 0.346. The first-order chi connectivity index (χ1) is 17.2. The molecule has 0 saturated carbocycles. The van der Waals surface area contributed by atoms with Crippen LogP contribution in [0.2, 0.25) is 0 Å². The van der Waals surface area contributed by atoms with Crippen molar-refractivity contribution in [3.05, 3.63) is 59.4 Å². The van der Waals surface area contributed by atoms with E-state index in [9.17, 15) is 14.4 Å².